The zero-order chi connectivity index (χ0) is 26.9. The first-order chi connectivity index (χ1) is 16.0. The Morgan fingerprint density at radius 3 is 2.11 bits per heavy atom. The van der Waals surface area contributed by atoms with Crippen LogP contribution in [0.2, 0.25) is 18.1 Å². The van der Waals surface area contributed by atoms with Gasteiger partial charge < -0.3 is 24.0 Å². The molecule has 0 aromatic heterocycles. The monoisotopic (exact) mass is 508 g/mol. The molecule has 0 saturated heterocycles. The molecule has 2 N–H and O–H groups in total. The van der Waals surface area contributed by atoms with Gasteiger partial charge in [-0.3, -0.25) is 5.32 Å². The summed E-state index contributed by atoms with van der Waals surface area (Å²) in [7, 11) is -0.994. The van der Waals surface area contributed by atoms with Crippen LogP contribution in [0.25, 0.3) is 0 Å². The predicted octanol–water partition coefficient (Wildman–Crippen LogP) is 4.88. The first kappa shape index (κ1) is 30.2. The van der Waals surface area contributed by atoms with Crippen molar-refractivity contribution in [1.82, 2.24) is 10.6 Å². The number of benzene rings is 1. The van der Waals surface area contributed by atoms with E-state index in [4.69, 9.17) is 18.6 Å². The van der Waals surface area contributed by atoms with E-state index < -0.39 is 38.1 Å². The smallest absolute Gasteiger partial charge is 0.412 e. The van der Waals surface area contributed by atoms with E-state index in [0.717, 1.165) is 5.56 Å². The maximum absolute atomic E-state index is 12.5. The quantitative estimate of drug-likeness (QED) is 0.211. The minimum absolute atomic E-state index is 0.0230. The molecule has 0 fully saturated rings. The molecule has 1 aromatic carbocycles. The molecule has 0 unspecified atom stereocenters. The molecule has 196 valence electrons. The molecule has 0 aliphatic carbocycles. The lowest BCUT2D eigenvalue weighted by Crippen LogP contribution is -2.47. The summed E-state index contributed by atoms with van der Waals surface area (Å²) in [6.45, 7) is 15.7. The summed E-state index contributed by atoms with van der Waals surface area (Å²) in [5.74, 6) is -0.801. The van der Waals surface area contributed by atoms with E-state index in [2.05, 4.69) is 44.5 Å². The molecule has 35 heavy (non-hydrogen) atoms. The minimum atomic E-state index is -2.18. The Kier molecular flexibility index (Phi) is 11.0. The summed E-state index contributed by atoms with van der Waals surface area (Å²) >= 11 is 0. The van der Waals surface area contributed by atoms with Gasteiger partial charge in [-0.05, 0) is 50.5 Å². The molecule has 0 radical (unpaired) electrons. The standard InChI is InChI=1S/C25H40N2O7Si/c1-24(2,3)34-23(30)26-19(17-33-35(8,9)25(4,5)6)15-20(21(28)31-7)27-22(29)32-16-18-13-11-10-12-14-18/h10-15,19H,16-17H2,1-9H3,(H,26,30)(H,27,29)/b20-15+/t19-/m1/s1. The van der Waals surface area contributed by atoms with Crippen molar-refractivity contribution in [3.8, 4) is 0 Å². The maximum atomic E-state index is 12.5. The van der Waals surface area contributed by atoms with Gasteiger partial charge in [0.2, 0.25) is 0 Å². The van der Waals surface area contributed by atoms with Gasteiger partial charge in [0, 0.05) is 0 Å². The first-order valence-corrected chi connectivity index (χ1v) is 14.4. The van der Waals surface area contributed by atoms with Gasteiger partial charge in [0.15, 0.2) is 8.32 Å². The molecule has 1 atom stereocenters. The lowest BCUT2D eigenvalue weighted by molar-refractivity contribution is -0.136. The van der Waals surface area contributed by atoms with Crippen LogP contribution >= 0.6 is 0 Å². The highest BCUT2D eigenvalue weighted by atomic mass is 28.4. The fourth-order valence-electron chi connectivity index (χ4n) is 2.45. The van der Waals surface area contributed by atoms with Crippen LogP contribution in [0.4, 0.5) is 9.59 Å². The Balaban J connectivity index is 3.08. The van der Waals surface area contributed by atoms with E-state index in [1.807, 2.05) is 30.3 Å². The maximum Gasteiger partial charge on any atom is 0.412 e. The molecule has 9 nitrogen and oxygen atoms in total. The number of amides is 2. The third-order valence-electron chi connectivity index (χ3n) is 5.35. The van der Waals surface area contributed by atoms with Crippen LogP contribution in [-0.4, -0.2) is 51.8 Å². The number of ether oxygens (including phenoxy) is 3. The Hall–Kier alpha value is -2.85. The van der Waals surface area contributed by atoms with Crippen molar-refractivity contribution in [1.29, 1.82) is 0 Å². The number of esters is 1. The molecule has 0 aliphatic heterocycles. The Labute approximate surface area is 209 Å². The second-order valence-corrected chi connectivity index (χ2v) is 15.4. The lowest BCUT2D eigenvalue weighted by Gasteiger charge is -2.37. The fraction of sp³-hybridized carbons (Fsp3) is 0.560. The topological polar surface area (TPSA) is 112 Å². The number of rotatable bonds is 9. The number of methoxy groups -OCH3 is 1. The molecule has 0 saturated carbocycles. The van der Waals surface area contributed by atoms with E-state index in [0.29, 0.717) is 0 Å². The molecule has 0 aliphatic rings. The van der Waals surface area contributed by atoms with Crippen molar-refractivity contribution < 1.29 is 33.0 Å². The molecule has 0 spiro atoms. The number of alkyl carbamates (subject to hydrolysis) is 2. The average Bonchev–Trinajstić information content (AvgIpc) is 2.73. The van der Waals surface area contributed by atoms with E-state index in [1.165, 1.54) is 13.2 Å². The van der Waals surface area contributed by atoms with Crippen molar-refractivity contribution in [2.24, 2.45) is 0 Å². The Morgan fingerprint density at radius 1 is 1.00 bits per heavy atom. The van der Waals surface area contributed by atoms with Gasteiger partial charge >= 0.3 is 18.2 Å². The van der Waals surface area contributed by atoms with Gasteiger partial charge in [-0.15, -0.1) is 0 Å². The molecule has 10 heteroatoms. The van der Waals surface area contributed by atoms with Crippen LogP contribution in [0.1, 0.15) is 47.1 Å². The Morgan fingerprint density at radius 2 is 1.60 bits per heavy atom. The third kappa shape index (κ3) is 11.4. The number of nitrogens with one attached hydrogen (secondary N) is 2. The van der Waals surface area contributed by atoms with Gasteiger partial charge in [-0.2, -0.15) is 0 Å². The molecular weight excluding hydrogens is 468 g/mol. The zero-order valence-electron chi connectivity index (χ0n) is 22.3. The number of carbonyl (C=O) groups excluding carboxylic acids is 3. The van der Waals surface area contributed by atoms with Crippen LogP contribution in [0.15, 0.2) is 42.1 Å². The van der Waals surface area contributed by atoms with Crippen molar-refractivity contribution in [3.05, 3.63) is 47.7 Å². The molecule has 2 amide bonds. The normalized spacial score (nSPS) is 13.5. The third-order valence-corrected chi connectivity index (χ3v) is 9.86. The molecule has 0 bridgehead atoms. The largest absolute Gasteiger partial charge is 0.464 e. The lowest BCUT2D eigenvalue weighted by atomic mass is 10.2. The Bertz CT molecular complexity index is 887. The molecular formula is C25H40N2O7Si. The molecule has 1 aromatic rings. The fourth-order valence-corrected chi connectivity index (χ4v) is 3.48. The molecule has 0 heterocycles. The summed E-state index contributed by atoms with van der Waals surface area (Å²) < 4.78 is 21.6. The van der Waals surface area contributed by atoms with Crippen LogP contribution in [0, 0.1) is 0 Å². The van der Waals surface area contributed by atoms with Crippen LogP contribution in [0.3, 0.4) is 0 Å². The van der Waals surface area contributed by atoms with Gasteiger partial charge in [0.1, 0.15) is 17.9 Å². The van der Waals surface area contributed by atoms with E-state index >= 15 is 0 Å². The second-order valence-electron chi connectivity index (χ2n) is 10.6. The van der Waals surface area contributed by atoms with Crippen LogP contribution in [0.5, 0.6) is 0 Å². The van der Waals surface area contributed by atoms with Crippen molar-refractivity contribution in [3.63, 3.8) is 0 Å². The van der Waals surface area contributed by atoms with Gasteiger partial charge in [0.25, 0.3) is 0 Å². The van der Waals surface area contributed by atoms with Crippen LogP contribution < -0.4 is 10.6 Å². The summed E-state index contributed by atoms with van der Waals surface area (Å²) in [4.78, 5) is 37.2. The highest BCUT2D eigenvalue weighted by Gasteiger charge is 2.37. The second kappa shape index (κ2) is 12.7. The van der Waals surface area contributed by atoms with Crippen LogP contribution in [-0.2, 0) is 30.0 Å². The van der Waals surface area contributed by atoms with E-state index in [9.17, 15) is 14.4 Å². The number of carbonyl (C=O) groups is 3. The van der Waals surface area contributed by atoms with Gasteiger partial charge in [0.05, 0.1) is 19.8 Å². The summed E-state index contributed by atoms with van der Waals surface area (Å²) in [6.07, 6.45) is -0.160. The van der Waals surface area contributed by atoms with Gasteiger partial charge in [-0.25, -0.2) is 14.4 Å². The number of hydrogen-bond acceptors (Lipinski definition) is 7. The van der Waals surface area contributed by atoms with Crippen molar-refractivity contribution in [2.75, 3.05) is 13.7 Å². The molecule has 1 rings (SSSR count). The number of hydrogen-bond donors (Lipinski definition) is 2. The van der Waals surface area contributed by atoms with Crippen molar-refractivity contribution >= 4 is 26.5 Å². The van der Waals surface area contributed by atoms with Crippen molar-refractivity contribution in [2.45, 2.75) is 77.9 Å². The summed E-state index contributed by atoms with van der Waals surface area (Å²) in [5, 5.41) is 5.03. The average molecular weight is 509 g/mol. The minimum Gasteiger partial charge on any atom is -0.464 e. The van der Waals surface area contributed by atoms with E-state index in [1.54, 1.807) is 20.8 Å². The van der Waals surface area contributed by atoms with E-state index in [-0.39, 0.29) is 23.9 Å². The highest BCUT2D eigenvalue weighted by Crippen LogP contribution is 2.36. The SMILES string of the molecule is COC(=O)/C(=C\[C@H](CO[Si](C)(C)C(C)(C)C)NC(=O)OC(C)(C)C)NC(=O)OCc1ccccc1. The highest BCUT2D eigenvalue weighted by molar-refractivity contribution is 6.74. The summed E-state index contributed by atoms with van der Waals surface area (Å²) in [6, 6.07) is 8.33. The first-order valence-electron chi connectivity index (χ1n) is 11.5. The predicted molar refractivity (Wildman–Crippen MR) is 136 cm³/mol. The summed E-state index contributed by atoms with van der Waals surface area (Å²) in [5.41, 5.74) is -0.118. The zero-order valence-corrected chi connectivity index (χ0v) is 23.3. The van der Waals surface area contributed by atoms with Gasteiger partial charge in [-0.1, -0.05) is 51.1 Å².